The number of carboxylic acids is 1. The van der Waals surface area contributed by atoms with Gasteiger partial charge in [-0.1, -0.05) is 6.08 Å². The molecule has 77 valence electrons. The molecule has 0 saturated carbocycles. The van der Waals surface area contributed by atoms with Crippen LogP contribution in [0.3, 0.4) is 0 Å². The van der Waals surface area contributed by atoms with Gasteiger partial charge in [0.1, 0.15) is 0 Å². The first-order chi connectivity index (χ1) is 5.83. The van der Waals surface area contributed by atoms with Gasteiger partial charge < -0.3 is 5.11 Å². The normalized spacial score (nSPS) is 12.0. The summed E-state index contributed by atoms with van der Waals surface area (Å²) in [5, 5.41) is 8.41. The average Bonchev–Trinajstić information content (AvgIpc) is 1.95. The van der Waals surface area contributed by atoms with Gasteiger partial charge >= 0.3 is 5.97 Å². The minimum absolute atomic E-state index is 0. The summed E-state index contributed by atoms with van der Waals surface area (Å²) >= 11 is 0. The number of rotatable bonds is 5. The molecule has 0 amide bonds. The van der Waals surface area contributed by atoms with E-state index >= 15 is 0 Å². The maximum absolute atomic E-state index is 10.3. The van der Waals surface area contributed by atoms with Crippen molar-refractivity contribution in [2.45, 2.75) is 19.8 Å². The second-order valence-electron chi connectivity index (χ2n) is 2.62. The minimum atomic E-state index is -3.92. The van der Waals surface area contributed by atoms with Crippen molar-refractivity contribution < 1.29 is 22.9 Å². The SMILES string of the molecule is CC(=CCCCS(=O)(=O)O)C(=O)O.[Na]. The van der Waals surface area contributed by atoms with Crippen LogP contribution in [0.2, 0.25) is 0 Å². The quantitative estimate of drug-likeness (QED) is 0.307. The fourth-order valence-corrected chi connectivity index (χ4v) is 1.20. The smallest absolute Gasteiger partial charge is 0.330 e. The molecule has 0 aromatic carbocycles. The van der Waals surface area contributed by atoms with E-state index in [1.807, 2.05) is 0 Å². The van der Waals surface area contributed by atoms with Crippen molar-refractivity contribution in [2.75, 3.05) is 5.75 Å². The van der Waals surface area contributed by atoms with Gasteiger partial charge in [0.25, 0.3) is 10.1 Å². The average molecular weight is 231 g/mol. The predicted octanol–water partition coefficient (Wildman–Crippen LogP) is 0.305. The Morgan fingerprint density at radius 1 is 1.43 bits per heavy atom. The standard InChI is InChI=1S/C7H12O5S.Na/c1-6(7(8)9)4-2-3-5-13(10,11)12;/h4H,2-3,5H2,1H3,(H,8,9)(H,10,11,12);. The zero-order valence-electron chi connectivity index (χ0n) is 8.23. The van der Waals surface area contributed by atoms with Crippen LogP contribution < -0.4 is 0 Å². The summed E-state index contributed by atoms with van der Waals surface area (Å²) < 4.78 is 28.8. The molecule has 0 atom stereocenters. The van der Waals surface area contributed by atoms with Crippen LogP contribution in [-0.2, 0) is 14.9 Å². The molecule has 0 aliphatic heterocycles. The zero-order valence-corrected chi connectivity index (χ0v) is 11.0. The van der Waals surface area contributed by atoms with E-state index in [-0.39, 0.29) is 47.3 Å². The Morgan fingerprint density at radius 3 is 2.29 bits per heavy atom. The molecule has 0 aromatic rings. The molecule has 2 N–H and O–H groups in total. The monoisotopic (exact) mass is 231 g/mol. The van der Waals surface area contributed by atoms with E-state index in [2.05, 4.69) is 0 Å². The van der Waals surface area contributed by atoms with Gasteiger partial charge in [0, 0.05) is 35.1 Å². The van der Waals surface area contributed by atoms with Crippen LogP contribution in [0.5, 0.6) is 0 Å². The molecule has 0 aliphatic rings. The van der Waals surface area contributed by atoms with Crippen LogP contribution in [0, 0.1) is 0 Å². The van der Waals surface area contributed by atoms with Crippen LogP contribution >= 0.6 is 0 Å². The van der Waals surface area contributed by atoms with Gasteiger partial charge in [0.05, 0.1) is 5.75 Å². The predicted molar refractivity (Wildman–Crippen MR) is 52.8 cm³/mol. The fourth-order valence-electron chi connectivity index (χ4n) is 0.672. The van der Waals surface area contributed by atoms with Gasteiger partial charge in [-0.05, 0) is 19.8 Å². The van der Waals surface area contributed by atoms with Crippen molar-refractivity contribution in [3.8, 4) is 0 Å². The molecular formula is C7H12NaO5S. The molecule has 5 nitrogen and oxygen atoms in total. The van der Waals surface area contributed by atoms with Gasteiger partial charge in [-0.3, -0.25) is 4.55 Å². The molecule has 0 rings (SSSR count). The van der Waals surface area contributed by atoms with E-state index in [9.17, 15) is 13.2 Å². The zero-order chi connectivity index (χ0) is 10.5. The van der Waals surface area contributed by atoms with E-state index in [0.717, 1.165) is 0 Å². The van der Waals surface area contributed by atoms with Gasteiger partial charge in [0.2, 0.25) is 0 Å². The number of unbranched alkanes of at least 4 members (excludes halogenated alkanes) is 1. The topological polar surface area (TPSA) is 91.7 Å². The summed E-state index contributed by atoms with van der Waals surface area (Å²) in [6.45, 7) is 1.43. The van der Waals surface area contributed by atoms with Crippen LogP contribution in [-0.4, -0.2) is 59.4 Å². The maximum atomic E-state index is 10.3. The van der Waals surface area contributed by atoms with Crippen LogP contribution in [0.1, 0.15) is 19.8 Å². The minimum Gasteiger partial charge on any atom is -0.478 e. The van der Waals surface area contributed by atoms with E-state index in [0.29, 0.717) is 6.42 Å². The molecule has 0 aliphatic carbocycles. The first-order valence-corrected chi connectivity index (χ1v) is 5.29. The van der Waals surface area contributed by atoms with Crippen molar-refractivity contribution in [1.29, 1.82) is 0 Å². The molecule has 0 heterocycles. The molecule has 0 saturated heterocycles. The fraction of sp³-hybridized carbons (Fsp3) is 0.571. The summed E-state index contributed by atoms with van der Waals surface area (Å²) in [4.78, 5) is 10.3. The Hall–Kier alpha value is 0.120. The molecule has 0 aromatic heterocycles. The Morgan fingerprint density at radius 2 is 1.93 bits per heavy atom. The number of hydrogen-bond donors (Lipinski definition) is 2. The number of carbonyl (C=O) groups is 1. The molecular weight excluding hydrogens is 219 g/mol. The van der Waals surface area contributed by atoms with E-state index in [1.54, 1.807) is 0 Å². The molecule has 7 heteroatoms. The third-order valence-corrected chi connectivity index (χ3v) is 2.20. The molecule has 0 spiro atoms. The summed E-state index contributed by atoms with van der Waals surface area (Å²) in [6.07, 6.45) is 1.98. The number of allylic oxidation sites excluding steroid dienone is 1. The molecule has 14 heavy (non-hydrogen) atoms. The third-order valence-electron chi connectivity index (χ3n) is 1.39. The Kier molecular flexibility index (Phi) is 8.77. The van der Waals surface area contributed by atoms with E-state index in [1.165, 1.54) is 13.0 Å². The van der Waals surface area contributed by atoms with E-state index < -0.39 is 16.1 Å². The van der Waals surface area contributed by atoms with Crippen LogP contribution in [0.4, 0.5) is 0 Å². The van der Waals surface area contributed by atoms with E-state index in [4.69, 9.17) is 9.66 Å². The maximum Gasteiger partial charge on any atom is 0.330 e. The van der Waals surface area contributed by atoms with Crippen molar-refractivity contribution >= 4 is 45.6 Å². The molecule has 1 radical (unpaired) electrons. The second-order valence-corrected chi connectivity index (χ2v) is 4.19. The molecule has 0 unspecified atom stereocenters. The van der Waals surface area contributed by atoms with Crippen LogP contribution in [0.15, 0.2) is 11.6 Å². The van der Waals surface area contributed by atoms with Gasteiger partial charge in [0.15, 0.2) is 0 Å². The second kappa shape index (κ2) is 7.42. The van der Waals surface area contributed by atoms with Crippen molar-refractivity contribution in [2.24, 2.45) is 0 Å². The Balaban J connectivity index is 0. The summed E-state index contributed by atoms with van der Waals surface area (Å²) in [5.74, 6) is -1.36. The molecule has 0 fully saturated rings. The summed E-state index contributed by atoms with van der Waals surface area (Å²) in [5.41, 5.74) is 0.176. The van der Waals surface area contributed by atoms with Crippen molar-refractivity contribution in [1.82, 2.24) is 0 Å². The Bertz CT molecular complexity index is 306. The van der Waals surface area contributed by atoms with Crippen molar-refractivity contribution in [3.63, 3.8) is 0 Å². The number of aliphatic carboxylic acids is 1. The van der Waals surface area contributed by atoms with Gasteiger partial charge in [-0.2, -0.15) is 8.42 Å². The van der Waals surface area contributed by atoms with Crippen molar-refractivity contribution in [3.05, 3.63) is 11.6 Å². The number of hydrogen-bond acceptors (Lipinski definition) is 3. The molecule has 0 bridgehead atoms. The van der Waals surface area contributed by atoms with Gasteiger partial charge in [-0.25, -0.2) is 4.79 Å². The van der Waals surface area contributed by atoms with Crippen LogP contribution in [0.25, 0.3) is 0 Å². The first-order valence-electron chi connectivity index (χ1n) is 3.68. The number of carboxylic acid groups (broad SMARTS) is 1. The summed E-state index contributed by atoms with van der Waals surface area (Å²) in [6, 6.07) is 0. The largest absolute Gasteiger partial charge is 0.478 e. The first kappa shape index (κ1) is 16.5. The summed E-state index contributed by atoms with van der Waals surface area (Å²) in [7, 11) is -3.92. The third kappa shape index (κ3) is 10.2. The Labute approximate surface area is 105 Å². The van der Waals surface area contributed by atoms with Gasteiger partial charge in [-0.15, -0.1) is 0 Å².